The first-order valence-corrected chi connectivity index (χ1v) is 9.69. The summed E-state index contributed by atoms with van der Waals surface area (Å²) in [4.78, 5) is 27.7. The summed E-state index contributed by atoms with van der Waals surface area (Å²) in [6.45, 7) is 7.82. The molecule has 0 aliphatic carbocycles. The van der Waals surface area contributed by atoms with Crippen LogP contribution < -0.4 is 10.5 Å². The average Bonchev–Trinajstić information content (AvgIpc) is 2.94. The molecular weight excluding hydrogens is 358 g/mol. The van der Waals surface area contributed by atoms with Gasteiger partial charge in [0.05, 0.1) is 22.2 Å². The molecule has 2 aromatic rings. The van der Waals surface area contributed by atoms with Crippen molar-refractivity contribution in [2.45, 2.75) is 58.9 Å². The predicted molar refractivity (Wildman–Crippen MR) is 109 cm³/mol. The second kappa shape index (κ2) is 9.92. The van der Waals surface area contributed by atoms with Gasteiger partial charge in [-0.2, -0.15) is 0 Å². The van der Waals surface area contributed by atoms with Crippen LogP contribution in [0.25, 0.3) is 10.9 Å². The molecule has 3 N–H and O–H groups in total. The standard InChI is InChI=1S/C21H29N3O4/c1-4-5-6-7-8-9-12-24-15(3)18(20(27)14(2)22)19-16(24)10-11-23-21(19)28-13-17(25)26/h10-11H,2,4-9,12-13,22H2,1,3H3,(H,25,26). The van der Waals surface area contributed by atoms with E-state index in [1.165, 1.54) is 25.7 Å². The number of carbonyl (C=O) groups is 2. The fourth-order valence-corrected chi connectivity index (χ4v) is 3.41. The van der Waals surface area contributed by atoms with E-state index in [-0.39, 0.29) is 11.6 Å². The van der Waals surface area contributed by atoms with Crippen molar-refractivity contribution in [2.24, 2.45) is 5.73 Å². The predicted octanol–water partition coefficient (Wildman–Crippen LogP) is 3.82. The number of fused-ring (bicyclic) bond motifs is 1. The maximum atomic E-state index is 12.7. The fraction of sp³-hybridized carbons (Fsp3) is 0.476. The summed E-state index contributed by atoms with van der Waals surface area (Å²) in [6.07, 6.45) is 8.53. The Morgan fingerprint density at radius 1 is 1.25 bits per heavy atom. The number of aliphatic carboxylic acids is 1. The van der Waals surface area contributed by atoms with Gasteiger partial charge in [0.2, 0.25) is 11.7 Å². The average molecular weight is 387 g/mol. The third-order valence-electron chi connectivity index (χ3n) is 4.79. The lowest BCUT2D eigenvalue weighted by Crippen LogP contribution is -2.13. The minimum absolute atomic E-state index is 0.0743. The SMILES string of the molecule is C=C(N)C(=O)c1c(C)n(CCCCCCCC)c2ccnc(OCC(=O)O)c12. The molecule has 0 bridgehead atoms. The van der Waals surface area contributed by atoms with E-state index in [4.69, 9.17) is 15.6 Å². The van der Waals surface area contributed by atoms with Crippen LogP contribution in [0.4, 0.5) is 0 Å². The Morgan fingerprint density at radius 2 is 1.93 bits per heavy atom. The van der Waals surface area contributed by atoms with Crippen LogP contribution in [0.15, 0.2) is 24.5 Å². The molecule has 0 saturated heterocycles. The number of carboxylic acid groups (broad SMARTS) is 1. The molecule has 0 unspecified atom stereocenters. The van der Waals surface area contributed by atoms with E-state index >= 15 is 0 Å². The van der Waals surface area contributed by atoms with Crippen LogP contribution in [0, 0.1) is 6.92 Å². The summed E-state index contributed by atoms with van der Waals surface area (Å²) >= 11 is 0. The molecule has 0 saturated carbocycles. The van der Waals surface area contributed by atoms with Gasteiger partial charge in [-0.25, -0.2) is 9.78 Å². The van der Waals surface area contributed by atoms with Crippen molar-refractivity contribution in [1.82, 2.24) is 9.55 Å². The molecule has 0 amide bonds. The zero-order chi connectivity index (χ0) is 20.7. The highest BCUT2D eigenvalue weighted by molar-refractivity contribution is 6.17. The van der Waals surface area contributed by atoms with Crippen molar-refractivity contribution in [3.63, 3.8) is 0 Å². The van der Waals surface area contributed by atoms with Gasteiger partial charge in [0.15, 0.2) is 6.61 Å². The number of nitrogens with two attached hydrogens (primary N) is 1. The van der Waals surface area contributed by atoms with Gasteiger partial charge >= 0.3 is 5.97 Å². The topological polar surface area (TPSA) is 107 Å². The summed E-state index contributed by atoms with van der Waals surface area (Å²) in [5.41, 5.74) is 7.51. The highest BCUT2D eigenvalue weighted by Gasteiger charge is 2.24. The smallest absolute Gasteiger partial charge is 0.341 e. The second-order valence-corrected chi connectivity index (χ2v) is 6.93. The van der Waals surface area contributed by atoms with Crippen molar-refractivity contribution in [3.05, 3.63) is 35.8 Å². The maximum Gasteiger partial charge on any atom is 0.341 e. The molecular formula is C21H29N3O4. The molecule has 152 valence electrons. The van der Waals surface area contributed by atoms with E-state index in [0.717, 1.165) is 30.6 Å². The van der Waals surface area contributed by atoms with Gasteiger partial charge in [-0.05, 0) is 19.4 Å². The Bertz CT molecular complexity index is 870. The molecule has 0 aromatic carbocycles. The maximum absolute atomic E-state index is 12.7. The molecule has 0 spiro atoms. The van der Waals surface area contributed by atoms with Crippen LogP contribution >= 0.6 is 0 Å². The van der Waals surface area contributed by atoms with Gasteiger partial charge < -0.3 is 20.1 Å². The van der Waals surface area contributed by atoms with Crippen LogP contribution in [-0.2, 0) is 11.3 Å². The van der Waals surface area contributed by atoms with Crippen molar-refractivity contribution in [3.8, 4) is 5.88 Å². The van der Waals surface area contributed by atoms with E-state index < -0.39 is 18.4 Å². The van der Waals surface area contributed by atoms with Crippen LogP contribution in [0.3, 0.4) is 0 Å². The Hall–Kier alpha value is -2.83. The first-order chi connectivity index (χ1) is 13.4. The molecule has 7 nitrogen and oxygen atoms in total. The lowest BCUT2D eigenvalue weighted by molar-refractivity contribution is -0.139. The van der Waals surface area contributed by atoms with E-state index in [2.05, 4.69) is 23.1 Å². The highest BCUT2D eigenvalue weighted by Crippen LogP contribution is 2.33. The third kappa shape index (κ3) is 4.91. The highest BCUT2D eigenvalue weighted by atomic mass is 16.5. The first-order valence-electron chi connectivity index (χ1n) is 9.69. The van der Waals surface area contributed by atoms with Crippen LogP contribution in [0.2, 0.25) is 0 Å². The molecule has 28 heavy (non-hydrogen) atoms. The molecule has 7 heteroatoms. The van der Waals surface area contributed by atoms with Crippen molar-refractivity contribution < 1.29 is 19.4 Å². The Balaban J connectivity index is 2.40. The molecule has 0 fully saturated rings. The number of aryl methyl sites for hydroxylation is 1. The number of ketones is 1. The van der Waals surface area contributed by atoms with Crippen LogP contribution in [0.1, 0.15) is 61.5 Å². The van der Waals surface area contributed by atoms with Crippen molar-refractivity contribution in [2.75, 3.05) is 6.61 Å². The Kier molecular flexibility index (Phi) is 7.61. The third-order valence-corrected chi connectivity index (χ3v) is 4.79. The van der Waals surface area contributed by atoms with Gasteiger partial charge in [0.1, 0.15) is 0 Å². The number of unbranched alkanes of at least 4 members (excludes halogenated alkanes) is 5. The van der Waals surface area contributed by atoms with Gasteiger partial charge in [-0.3, -0.25) is 4.79 Å². The monoisotopic (exact) mass is 387 g/mol. The summed E-state index contributed by atoms with van der Waals surface area (Å²) in [5.74, 6) is -1.38. The number of hydrogen-bond acceptors (Lipinski definition) is 5. The minimum Gasteiger partial charge on any atom is -0.479 e. The lowest BCUT2D eigenvalue weighted by Gasteiger charge is -2.09. The number of carbonyl (C=O) groups excluding carboxylic acids is 1. The van der Waals surface area contributed by atoms with Gasteiger partial charge in [0, 0.05) is 18.4 Å². The van der Waals surface area contributed by atoms with Crippen molar-refractivity contribution in [1.29, 1.82) is 0 Å². The quantitative estimate of drug-likeness (QED) is 0.326. The van der Waals surface area contributed by atoms with E-state index in [0.29, 0.717) is 10.9 Å². The number of pyridine rings is 1. The minimum atomic E-state index is -1.11. The summed E-state index contributed by atoms with van der Waals surface area (Å²) in [7, 11) is 0. The molecule has 0 atom stereocenters. The molecule has 0 radical (unpaired) electrons. The summed E-state index contributed by atoms with van der Waals surface area (Å²) in [6, 6.07) is 1.81. The van der Waals surface area contributed by atoms with Gasteiger partial charge in [-0.1, -0.05) is 45.6 Å². The van der Waals surface area contributed by atoms with Crippen LogP contribution in [-0.4, -0.2) is 33.0 Å². The number of nitrogens with zero attached hydrogens (tertiary/aromatic N) is 2. The number of rotatable bonds is 12. The number of ether oxygens (including phenoxy) is 1. The largest absolute Gasteiger partial charge is 0.479 e. The number of allylic oxidation sites excluding steroid dienone is 1. The second-order valence-electron chi connectivity index (χ2n) is 6.93. The number of carboxylic acids is 1. The lowest BCUT2D eigenvalue weighted by atomic mass is 10.1. The first kappa shape index (κ1) is 21.5. The zero-order valence-electron chi connectivity index (χ0n) is 16.7. The zero-order valence-corrected chi connectivity index (χ0v) is 16.7. The Labute approximate surface area is 165 Å². The Morgan fingerprint density at radius 3 is 2.57 bits per heavy atom. The van der Waals surface area contributed by atoms with E-state index in [1.54, 1.807) is 6.20 Å². The number of Topliss-reactive ketones (excluding diaryl/α,β-unsaturated/α-hetero) is 1. The molecule has 0 aliphatic heterocycles. The normalized spacial score (nSPS) is 10.9. The number of hydrogen-bond donors (Lipinski definition) is 2. The fourth-order valence-electron chi connectivity index (χ4n) is 3.41. The van der Waals surface area contributed by atoms with Crippen molar-refractivity contribution >= 4 is 22.7 Å². The van der Waals surface area contributed by atoms with Gasteiger partial charge in [-0.15, -0.1) is 0 Å². The summed E-state index contributed by atoms with van der Waals surface area (Å²) < 4.78 is 7.40. The molecule has 2 aromatic heterocycles. The number of aromatic nitrogens is 2. The molecule has 0 aliphatic rings. The molecule has 2 heterocycles. The summed E-state index contributed by atoms with van der Waals surface area (Å²) in [5, 5.41) is 9.41. The molecule has 2 rings (SSSR count). The van der Waals surface area contributed by atoms with Gasteiger partial charge in [0.25, 0.3) is 0 Å². The van der Waals surface area contributed by atoms with E-state index in [9.17, 15) is 9.59 Å². The van der Waals surface area contributed by atoms with E-state index in [1.807, 2.05) is 13.0 Å². The van der Waals surface area contributed by atoms with Crippen LogP contribution in [0.5, 0.6) is 5.88 Å².